The number of hydrogen-bond acceptors (Lipinski definition) is 3. The minimum Gasteiger partial charge on any atom is -0.349 e. The van der Waals surface area contributed by atoms with Crippen LogP contribution >= 0.6 is 11.3 Å². The van der Waals surface area contributed by atoms with Crippen LogP contribution < -0.4 is 11.1 Å². The van der Waals surface area contributed by atoms with Gasteiger partial charge in [0.15, 0.2) is 0 Å². The van der Waals surface area contributed by atoms with E-state index < -0.39 is 0 Å². The summed E-state index contributed by atoms with van der Waals surface area (Å²) in [4.78, 5) is 11.8. The van der Waals surface area contributed by atoms with E-state index in [-0.39, 0.29) is 17.9 Å². The lowest BCUT2D eigenvalue weighted by Gasteiger charge is -2.16. The molecule has 3 N–H and O–H groups in total. The molecule has 2 unspecified atom stereocenters. The molecule has 16 heavy (non-hydrogen) atoms. The van der Waals surface area contributed by atoms with Gasteiger partial charge in [-0.25, -0.2) is 0 Å². The van der Waals surface area contributed by atoms with Crippen LogP contribution in [0.2, 0.25) is 0 Å². The van der Waals surface area contributed by atoms with Gasteiger partial charge >= 0.3 is 0 Å². The Bertz CT molecular complexity index is 311. The Hall–Kier alpha value is -0.870. The Morgan fingerprint density at radius 3 is 2.88 bits per heavy atom. The molecule has 1 rings (SSSR count). The van der Waals surface area contributed by atoms with Crippen molar-refractivity contribution in [3.8, 4) is 0 Å². The van der Waals surface area contributed by atoms with Crippen molar-refractivity contribution in [1.29, 1.82) is 0 Å². The third kappa shape index (κ3) is 3.94. The molecule has 0 radical (unpaired) electrons. The van der Waals surface area contributed by atoms with Gasteiger partial charge in [-0.05, 0) is 48.7 Å². The zero-order valence-electron chi connectivity index (χ0n) is 9.90. The molecule has 1 aromatic heterocycles. The molecule has 0 saturated carbocycles. The van der Waals surface area contributed by atoms with Crippen molar-refractivity contribution in [3.05, 3.63) is 22.4 Å². The van der Waals surface area contributed by atoms with Crippen molar-refractivity contribution >= 4 is 17.2 Å². The fourth-order valence-corrected chi connectivity index (χ4v) is 2.27. The molecule has 0 spiro atoms. The first-order valence-electron chi connectivity index (χ1n) is 5.67. The lowest BCUT2D eigenvalue weighted by molar-refractivity contribution is -0.125. The lowest BCUT2D eigenvalue weighted by atomic mass is 10.0. The van der Waals surface area contributed by atoms with Crippen LogP contribution in [0, 0.1) is 5.92 Å². The number of carbonyl (C=O) groups excluding carboxylic acids is 1. The highest BCUT2D eigenvalue weighted by Gasteiger charge is 2.15. The van der Waals surface area contributed by atoms with Crippen LogP contribution in [-0.4, -0.2) is 12.5 Å². The lowest BCUT2D eigenvalue weighted by Crippen LogP contribution is -2.31. The molecule has 1 heterocycles. The fourth-order valence-electron chi connectivity index (χ4n) is 1.52. The summed E-state index contributed by atoms with van der Waals surface area (Å²) in [5, 5.41) is 7.11. The fraction of sp³-hybridized carbons (Fsp3) is 0.583. The molecular formula is C12H20N2OS. The van der Waals surface area contributed by atoms with Crippen molar-refractivity contribution in [2.24, 2.45) is 11.7 Å². The Balaban J connectivity index is 2.39. The van der Waals surface area contributed by atoms with E-state index >= 15 is 0 Å². The summed E-state index contributed by atoms with van der Waals surface area (Å²) in [7, 11) is 0. The number of hydrogen-bond donors (Lipinski definition) is 2. The molecule has 2 atom stereocenters. The molecule has 1 aromatic rings. The summed E-state index contributed by atoms with van der Waals surface area (Å²) in [5.74, 6) is 0.164. The average Bonchev–Trinajstić information content (AvgIpc) is 2.79. The molecule has 3 nitrogen and oxygen atoms in total. The molecule has 0 aliphatic carbocycles. The molecule has 1 amide bonds. The third-order valence-electron chi connectivity index (χ3n) is 2.69. The number of thiophene rings is 1. The van der Waals surface area contributed by atoms with Gasteiger partial charge in [0.25, 0.3) is 0 Å². The maximum Gasteiger partial charge on any atom is 0.223 e. The maximum atomic E-state index is 11.8. The highest BCUT2D eigenvalue weighted by molar-refractivity contribution is 7.07. The van der Waals surface area contributed by atoms with Crippen LogP contribution in [0.1, 0.15) is 38.3 Å². The monoisotopic (exact) mass is 240 g/mol. The van der Waals surface area contributed by atoms with Crippen molar-refractivity contribution in [1.82, 2.24) is 5.32 Å². The molecular weight excluding hydrogens is 220 g/mol. The van der Waals surface area contributed by atoms with E-state index in [0.29, 0.717) is 6.54 Å². The summed E-state index contributed by atoms with van der Waals surface area (Å²) >= 11 is 1.65. The van der Waals surface area contributed by atoms with Crippen molar-refractivity contribution in [2.45, 2.75) is 32.7 Å². The first-order chi connectivity index (χ1) is 7.65. The van der Waals surface area contributed by atoms with Gasteiger partial charge in [0, 0.05) is 5.92 Å². The standard InChI is InChI=1S/C12H20N2OS/c1-9(4-3-6-13)12(15)14-10(2)11-5-7-16-8-11/h5,7-10H,3-4,6,13H2,1-2H3,(H,14,15). The number of nitrogens with two attached hydrogens (primary N) is 1. The molecule has 0 aromatic carbocycles. The zero-order valence-corrected chi connectivity index (χ0v) is 10.7. The van der Waals surface area contributed by atoms with Gasteiger partial charge in [-0.2, -0.15) is 11.3 Å². The predicted octanol–water partition coefficient (Wildman–Crippen LogP) is 2.30. The summed E-state index contributed by atoms with van der Waals surface area (Å²) < 4.78 is 0. The molecule has 0 fully saturated rings. The van der Waals surface area contributed by atoms with E-state index in [0.717, 1.165) is 12.8 Å². The number of amides is 1. The van der Waals surface area contributed by atoms with Crippen LogP contribution in [0.5, 0.6) is 0 Å². The first kappa shape index (κ1) is 13.2. The van der Waals surface area contributed by atoms with Gasteiger partial charge < -0.3 is 11.1 Å². The molecule has 90 valence electrons. The van der Waals surface area contributed by atoms with E-state index in [1.807, 2.05) is 25.3 Å². The summed E-state index contributed by atoms with van der Waals surface area (Å²) in [6, 6.07) is 2.14. The largest absolute Gasteiger partial charge is 0.349 e. The summed E-state index contributed by atoms with van der Waals surface area (Å²) in [5.41, 5.74) is 6.60. The minimum atomic E-state index is 0.0460. The van der Waals surface area contributed by atoms with Crippen molar-refractivity contribution in [3.63, 3.8) is 0 Å². The minimum absolute atomic E-state index is 0.0460. The molecule has 0 saturated heterocycles. The average molecular weight is 240 g/mol. The normalized spacial score (nSPS) is 14.4. The highest BCUT2D eigenvalue weighted by atomic mass is 32.1. The van der Waals surface area contributed by atoms with Crippen LogP contribution in [0.15, 0.2) is 16.8 Å². The quantitative estimate of drug-likeness (QED) is 0.801. The van der Waals surface area contributed by atoms with Gasteiger partial charge in [0.05, 0.1) is 6.04 Å². The van der Waals surface area contributed by atoms with Crippen LogP contribution in [0.4, 0.5) is 0 Å². The number of carbonyl (C=O) groups is 1. The smallest absolute Gasteiger partial charge is 0.223 e. The second-order valence-electron chi connectivity index (χ2n) is 4.12. The SMILES string of the molecule is CC(CCCN)C(=O)NC(C)c1ccsc1. The van der Waals surface area contributed by atoms with E-state index in [9.17, 15) is 4.79 Å². The number of rotatable bonds is 6. The summed E-state index contributed by atoms with van der Waals surface area (Å²) in [6.07, 6.45) is 1.76. The van der Waals surface area contributed by atoms with Gasteiger partial charge in [-0.15, -0.1) is 0 Å². The second kappa shape index (κ2) is 6.66. The van der Waals surface area contributed by atoms with Gasteiger partial charge in [0.2, 0.25) is 5.91 Å². The first-order valence-corrected chi connectivity index (χ1v) is 6.62. The Morgan fingerprint density at radius 2 is 2.31 bits per heavy atom. The van der Waals surface area contributed by atoms with E-state index in [2.05, 4.69) is 10.7 Å². The van der Waals surface area contributed by atoms with Crippen LogP contribution in [-0.2, 0) is 4.79 Å². The second-order valence-corrected chi connectivity index (χ2v) is 4.90. The van der Waals surface area contributed by atoms with Crippen molar-refractivity contribution < 1.29 is 4.79 Å². The zero-order chi connectivity index (χ0) is 12.0. The van der Waals surface area contributed by atoms with E-state index in [1.165, 1.54) is 5.56 Å². The molecule has 0 aliphatic rings. The Labute approximate surface area is 101 Å². The topological polar surface area (TPSA) is 55.1 Å². The van der Waals surface area contributed by atoms with Crippen molar-refractivity contribution in [2.75, 3.05) is 6.54 Å². The van der Waals surface area contributed by atoms with Gasteiger partial charge in [0.1, 0.15) is 0 Å². The molecule has 4 heteroatoms. The third-order valence-corrected chi connectivity index (χ3v) is 3.39. The molecule has 0 bridgehead atoms. The van der Waals surface area contributed by atoms with Gasteiger partial charge in [-0.1, -0.05) is 6.92 Å². The van der Waals surface area contributed by atoms with Crippen LogP contribution in [0.3, 0.4) is 0 Å². The maximum absolute atomic E-state index is 11.8. The van der Waals surface area contributed by atoms with E-state index in [4.69, 9.17) is 5.73 Å². The van der Waals surface area contributed by atoms with E-state index in [1.54, 1.807) is 11.3 Å². The van der Waals surface area contributed by atoms with Crippen LogP contribution in [0.25, 0.3) is 0 Å². The summed E-state index contributed by atoms with van der Waals surface area (Å²) in [6.45, 7) is 4.61. The number of nitrogens with one attached hydrogen (secondary N) is 1. The Kier molecular flexibility index (Phi) is 5.49. The molecule has 0 aliphatic heterocycles. The van der Waals surface area contributed by atoms with Gasteiger partial charge in [-0.3, -0.25) is 4.79 Å². The highest BCUT2D eigenvalue weighted by Crippen LogP contribution is 2.16. The Morgan fingerprint density at radius 1 is 1.56 bits per heavy atom. The predicted molar refractivity (Wildman–Crippen MR) is 68.3 cm³/mol.